The molecule has 1 aromatic carbocycles. The summed E-state index contributed by atoms with van der Waals surface area (Å²) in [5.74, 6) is 0.637. The summed E-state index contributed by atoms with van der Waals surface area (Å²) in [4.78, 5) is 21.2. The molecule has 1 atom stereocenters. The maximum absolute atomic E-state index is 12.9. The van der Waals surface area contributed by atoms with Gasteiger partial charge in [-0.15, -0.1) is 0 Å². The number of nitrogens with one attached hydrogen (secondary N) is 1. The summed E-state index contributed by atoms with van der Waals surface area (Å²) in [5, 5.41) is 15.9. The molecular formula is C21H18F2N6O2. The normalized spacial score (nSPS) is 14.2. The number of aromatic nitrogens is 4. The fourth-order valence-corrected chi connectivity index (χ4v) is 3.22. The number of alkyl halides is 2. The Kier molecular flexibility index (Phi) is 5.58. The van der Waals surface area contributed by atoms with Gasteiger partial charge in [0, 0.05) is 11.8 Å². The average Bonchev–Trinajstić information content (AvgIpc) is 3.49. The molecule has 10 heteroatoms. The highest BCUT2D eigenvalue weighted by molar-refractivity contribution is 5.95. The Bertz CT molecular complexity index is 1140. The van der Waals surface area contributed by atoms with Gasteiger partial charge in [0.15, 0.2) is 11.6 Å². The van der Waals surface area contributed by atoms with Crippen LogP contribution in [0.25, 0.3) is 5.82 Å². The van der Waals surface area contributed by atoms with Crippen LogP contribution >= 0.6 is 0 Å². The van der Waals surface area contributed by atoms with Crippen molar-refractivity contribution in [1.82, 2.24) is 25.1 Å². The van der Waals surface area contributed by atoms with Gasteiger partial charge in [0.2, 0.25) is 0 Å². The average molecular weight is 424 g/mol. The molecule has 2 aromatic heterocycles. The predicted octanol–water partition coefficient (Wildman–Crippen LogP) is 3.50. The summed E-state index contributed by atoms with van der Waals surface area (Å²) in [5.41, 5.74) is 1.44. The van der Waals surface area contributed by atoms with Crippen molar-refractivity contribution in [2.75, 3.05) is 0 Å². The van der Waals surface area contributed by atoms with E-state index in [1.54, 1.807) is 31.2 Å². The highest BCUT2D eigenvalue weighted by Crippen LogP contribution is 2.41. The van der Waals surface area contributed by atoms with Crippen LogP contribution in [-0.4, -0.2) is 32.3 Å². The fraction of sp³-hybridized carbons (Fsp3) is 0.286. The zero-order valence-electron chi connectivity index (χ0n) is 16.5. The Morgan fingerprint density at radius 2 is 2.10 bits per heavy atom. The van der Waals surface area contributed by atoms with Crippen molar-refractivity contribution in [2.45, 2.75) is 38.3 Å². The molecule has 1 N–H and O–H groups in total. The number of hydrogen-bond acceptors (Lipinski definition) is 6. The Hall–Kier alpha value is -3.87. The highest BCUT2D eigenvalue weighted by Gasteiger charge is 2.26. The minimum atomic E-state index is -2.97. The molecule has 0 unspecified atom stereocenters. The summed E-state index contributed by atoms with van der Waals surface area (Å²) in [6.45, 7) is -1.24. The Balaban J connectivity index is 1.55. The van der Waals surface area contributed by atoms with E-state index in [-0.39, 0.29) is 17.2 Å². The van der Waals surface area contributed by atoms with Crippen LogP contribution in [0.15, 0.2) is 42.9 Å². The maximum atomic E-state index is 12.9. The Morgan fingerprint density at radius 3 is 2.74 bits per heavy atom. The molecule has 31 heavy (non-hydrogen) atoms. The number of rotatable bonds is 7. The summed E-state index contributed by atoms with van der Waals surface area (Å²) in [6, 6.07) is 9.21. The predicted molar refractivity (Wildman–Crippen MR) is 105 cm³/mol. The van der Waals surface area contributed by atoms with Gasteiger partial charge in [-0.1, -0.05) is 0 Å². The number of pyridine rings is 1. The molecule has 1 fully saturated rings. The third-order valence-corrected chi connectivity index (χ3v) is 4.87. The number of carbonyl (C=O) groups is 1. The molecule has 0 saturated heterocycles. The van der Waals surface area contributed by atoms with Gasteiger partial charge in [0.1, 0.15) is 18.1 Å². The first-order chi connectivity index (χ1) is 14.9. The van der Waals surface area contributed by atoms with E-state index in [0.29, 0.717) is 17.2 Å². The molecule has 3 aromatic rings. The second-order valence-corrected chi connectivity index (χ2v) is 7.19. The lowest BCUT2D eigenvalue weighted by Gasteiger charge is -2.15. The molecule has 2 heterocycles. The van der Waals surface area contributed by atoms with Gasteiger partial charge in [-0.3, -0.25) is 4.79 Å². The van der Waals surface area contributed by atoms with E-state index in [2.05, 4.69) is 25.1 Å². The van der Waals surface area contributed by atoms with Gasteiger partial charge in [-0.05, 0) is 61.6 Å². The van der Waals surface area contributed by atoms with Crippen LogP contribution < -0.4 is 10.1 Å². The second-order valence-electron chi connectivity index (χ2n) is 7.19. The number of nitriles is 1. The van der Waals surface area contributed by atoms with E-state index in [9.17, 15) is 13.6 Å². The summed E-state index contributed by atoms with van der Waals surface area (Å²) in [7, 11) is 0. The lowest BCUT2D eigenvalue weighted by Crippen LogP contribution is -2.29. The van der Waals surface area contributed by atoms with Crippen LogP contribution in [-0.2, 0) is 0 Å². The van der Waals surface area contributed by atoms with Crippen LogP contribution in [0, 0.1) is 11.3 Å². The number of carbonyl (C=O) groups excluding carboxylic acids is 1. The molecule has 1 aliphatic rings. The van der Waals surface area contributed by atoms with E-state index in [1.807, 2.05) is 6.07 Å². The highest BCUT2D eigenvalue weighted by atomic mass is 19.3. The minimum Gasteiger partial charge on any atom is -0.435 e. The number of benzene rings is 1. The number of hydrogen-bond donors (Lipinski definition) is 1. The van der Waals surface area contributed by atoms with Gasteiger partial charge in [0.25, 0.3) is 5.91 Å². The zero-order chi connectivity index (χ0) is 22.0. The van der Waals surface area contributed by atoms with E-state index >= 15 is 0 Å². The zero-order valence-corrected chi connectivity index (χ0v) is 16.5. The molecule has 0 bridgehead atoms. The lowest BCUT2D eigenvalue weighted by molar-refractivity contribution is -0.0499. The molecule has 1 aliphatic carbocycles. The Labute approximate surface area is 176 Å². The van der Waals surface area contributed by atoms with Gasteiger partial charge >= 0.3 is 6.61 Å². The van der Waals surface area contributed by atoms with Crippen LogP contribution in [0.4, 0.5) is 8.78 Å². The molecule has 1 saturated carbocycles. The summed E-state index contributed by atoms with van der Waals surface area (Å²) in [6.07, 6.45) is 4.66. The van der Waals surface area contributed by atoms with Crippen LogP contribution in [0.1, 0.15) is 59.0 Å². The first-order valence-electron chi connectivity index (χ1n) is 9.61. The molecule has 158 valence electrons. The number of halogens is 2. The summed E-state index contributed by atoms with van der Waals surface area (Å²) >= 11 is 0. The summed E-state index contributed by atoms with van der Waals surface area (Å²) < 4.78 is 31.4. The quantitative estimate of drug-likeness (QED) is 0.622. The van der Waals surface area contributed by atoms with Gasteiger partial charge in [-0.2, -0.15) is 23.8 Å². The van der Waals surface area contributed by atoms with Crippen molar-refractivity contribution in [3.63, 3.8) is 0 Å². The number of amides is 1. The van der Waals surface area contributed by atoms with Crippen LogP contribution in [0.3, 0.4) is 0 Å². The molecule has 1 amide bonds. The molecular weight excluding hydrogens is 406 g/mol. The first-order valence-corrected chi connectivity index (χ1v) is 9.61. The monoisotopic (exact) mass is 424 g/mol. The van der Waals surface area contributed by atoms with Gasteiger partial charge < -0.3 is 10.1 Å². The molecule has 0 spiro atoms. The number of ether oxygens (including phenoxy) is 1. The van der Waals surface area contributed by atoms with Gasteiger partial charge in [0.05, 0.1) is 11.6 Å². The van der Waals surface area contributed by atoms with Gasteiger partial charge in [-0.25, -0.2) is 9.97 Å². The maximum Gasteiger partial charge on any atom is 0.387 e. The molecule has 0 radical (unpaired) electrons. The Morgan fingerprint density at radius 1 is 1.29 bits per heavy atom. The minimum absolute atomic E-state index is 0.0397. The van der Waals surface area contributed by atoms with Crippen LogP contribution in [0.5, 0.6) is 5.75 Å². The number of nitrogens with zero attached hydrogens (tertiary/aromatic N) is 5. The first kappa shape index (κ1) is 20.4. The standard InChI is InChI=1S/C21H18F2N6O2/c1-12(19-26-11-27-29(19)18-5-2-13(9-24)10-25-18)28-20(30)16-6-15(14-3-4-14)7-17(8-16)31-21(22)23/h2,5-8,10-12,14,21H,3-4H2,1H3,(H,28,30)/t12-/m0/s1. The fourth-order valence-electron chi connectivity index (χ4n) is 3.22. The van der Waals surface area contributed by atoms with Crippen molar-refractivity contribution < 1.29 is 18.3 Å². The SMILES string of the molecule is C[C@H](NC(=O)c1cc(OC(F)F)cc(C2CC2)c1)c1ncnn1-c1ccc(C#N)cn1. The van der Waals surface area contributed by atoms with E-state index in [1.165, 1.54) is 23.3 Å². The van der Waals surface area contributed by atoms with E-state index in [0.717, 1.165) is 18.4 Å². The largest absolute Gasteiger partial charge is 0.435 e. The lowest BCUT2D eigenvalue weighted by atomic mass is 10.1. The van der Waals surface area contributed by atoms with E-state index < -0.39 is 18.6 Å². The van der Waals surface area contributed by atoms with Crippen molar-refractivity contribution >= 4 is 5.91 Å². The van der Waals surface area contributed by atoms with Crippen molar-refractivity contribution in [3.8, 4) is 17.6 Å². The third kappa shape index (κ3) is 4.66. The van der Waals surface area contributed by atoms with Crippen LogP contribution in [0.2, 0.25) is 0 Å². The van der Waals surface area contributed by atoms with Crippen molar-refractivity contribution in [3.05, 3.63) is 65.4 Å². The van der Waals surface area contributed by atoms with Crippen molar-refractivity contribution in [2.24, 2.45) is 0 Å². The van der Waals surface area contributed by atoms with E-state index in [4.69, 9.17) is 5.26 Å². The van der Waals surface area contributed by atoms with Crippen molar-refractivity contribution in [1.29, 1.82) is 5.26 Å². The third-order valence-electron chi connectivity index (χ3n) is 4.87. The smallest absolute Gasteiger partial charge is 0.387 e. The molecule has 8 nitrogen and oxygen atoms in total. The second kappa shape index (κ2) is 8.47. The molecule has 0 aliphatic heterocycles. The molecule has 4 rings (SSSR count). The topological polar surface area (TPSA) is 106 Å².